The van der Waals surface area contributed by atoms with E-state index >= 15 is 0 Å². The first kappa shape index (κ1) is 16.5. The highest BCUT2D eigenvalue weighted by atomic mass is 16.8. The fourth-order valence-corrected chi connectivity index (χ4v) is 2.79. The second-order valence-electron chi connectivity index (χ2n) is 6.01. The number of fused-ring (bicyclic) bond motifs is 1. The Morgan fingerprint density at radius 3 is 2.74 bits per heavy atom. The van der Waals surface area contributed by atoms with Gasteiger partial charge in [-0.2, -0.15) is 5.26 Å². The molecule has 0 saturated carbocycles. The molecule has 0 spiro atoms. The van der Waals surface area contributed by atoms with Gasteiger partial charge in [-0.3, -0.25) is 4.63 Å². The van der Waals surface area contributed by atoms with Gasteiger partial charge >= 0.3 is 5.69 Å². The van der Waals surface area contributed by atoms with E-state index in [1.165, 1.54) is 0 Å². The summed E-state index contributed by atoms with van der Waals surface area (Å²) >= 11 is 0. The Morgan fingerprint density at radius 1 is 1.15 bits per heavy atom. The average Bonchev–Trinajstić information content (AvgIpc) is 3.07. The molecular formula is C20H14N4O3. The smallest absolute Gasteiger partial charge is 0.302 e. The molecule has 2 heterocycles. The number of nitriles is 1. The maximum Gasteiger partial charge on any atom is 0.302 e. The summed E-state index contributed by atoms with van der Waals surface area (Å²) < 4.78 is 10.4. The van der Waals surface area contributed by atoms with Crippen molar-refractivity contribution in [3.63, 3.8) is 0 Å². The van der Waals surface area contributed by atoms with E-state index in [1.807, 2.05) is 49.4 Å². The lowest BCUT2D eigenvalue weighted by Gasteiger charge is -2.09. The molecule has 4 rings (SSSR count). The van der Waals surface area contributed by atoms with Crippen LogP contribution in [0.3, 0.4) is 0 Å². The molecule has 4 aromatic rings. The second kappa shape index (κ2) is 6.77. The van der Waals surface area contributed by atoms with E-state index in [4.69, 9.17) is 10.00 Å². The minimum atomic E-state index is -0.170. The first-order valence-electron chi connectivity index (χ1n) is 8.24. The molecule has 0 amide bonds. The number of hydrogen-bond donors (Lipinski definition) is 0. The summed E-state index contributed by atoms with van der Waals surface area (Å²) in [5.41, 5.74) is 3.36. The van der Waals surface area contributed by atoms with Crippen LogP contribution in [-0.2, 0) is 6.61 Å². The number of aromatic nitrogens is 3. The molecule has 0 saturated heterocycles. The Bertz CT molecular complexity index is 1160. The predicted octanol–water partition coefficient (Wildman–Crippen LogP) is 3.28. The molecule has 0 bridgehead atoms. The topological polar surface area (TPSA) is 98.9 Å². The molecule has 0 aliphatic rings. The molecule has 2 aromatic heterocycles. The zero-order valence-electron chi connectivity index (χ0n) is 14.4. The van der Waals surface area contributed by atoms with Crippen molar-refractivity contribution in [1.29, 1.82) is 5.26 Å². The van der Waals surface area contributed by atoms with Crippen molar-refractivity contribution in [2.75, 3.05) is 0 Å². The van der Waals surface area contributed by atoms with Gasteiger partial charge in [0.15, 0.2) is 6.07 Å². The zero-order chi connectivity index (χ0) is 18.8. The first-order valence-corrected chi connectivity index (χ1v) is 8.24. The van der Waals surface area contributed by atoms with Gasteiger partial charge in [-0.1, -0.05) is 30.3 Å². The summed E-state index contributed by atoms with van der Waals surface area (Å²) in [6, 6.07) is 18.8. The van der Waals surface area contributed by atoms with E-state index in [0.29, 0.717) is 12.2 Å². The van der Waals surface area contributed by atoms with Gasteiger partial charge in [0.1, 0.15) is 17.9 Å². The predicted molar refractivity (Wildman–Crippen MR) is 96.4 cm³/mol. The average molecular weight is 358 g/mol. The van der Waals surface area contributed by atoms with Gasteiger partial charge in [-0.15, -0.1) is 0 Å². The first-order chi connectivity index (χ1) is 13.2. The van der Waals surface area contributed by atoms with E-state index in [0.717, 1.165) is 27.9 Å². The Hall–Kier alpha value is -3.92. The zero-order valence-corrected chi connectivity index (χ0v) is 14.4. The summed E-state index contributed by atoms with van der Waals surface area (Å²) in [6.07, 6.45) is 0. The third kappa shape index (κ3) is 3.16. The number of benzene rings is 2. The van der Waals surface area contributed by atoms with Crippen LogP contribution in [0.2, 0.25) is 0 Å². The van der Waals surface area contributed by atoms with Crippen LogP contribution in [0.5, 0.6) is 5.75 Å². The van der Waals surface area contributed by atoms with Crippen molar-refractivity contribution >= 4 is 10.9 Å². The molecule has 27 heavy (non-hydrogen) atoms. The molecule has 132 valence electrons. The van der Waals surface area contributed by atoms with Crippen LogP contribution in [0.1, 0.15) is 17.0 Å². The summed E-state index contributed by atoms with van der Waals surface area (Å²) in [5, 5.41) is 25.0. The molecule has 2 aromatic carbocycles. The van der Waals surface area contributed by atoms with Crippen molar-refractivity contribution in [1.82, 2.24) is 10.1 Å². The Kier molecular flexibility index (Phi) is 4.15. The second-order valence-corrected chi connectivity index (χ2v) is 6.01. The van der Waals surface area contributed by atoms with Crippen molar-refractivity contribution in [2.45, 2.75) is 13.5 Å². The number of ether oxygens (including phenoxy) is 1. The monoisotopic (exact) mass is 358 g/mol. The highest BCUT2D eigenvalue weighted by Crippen LogP contribution is 2.25. The lowest BCUT2D eigenvalue weighted by molar-refractivity contribution is -0.804. The highest BCUT2D eigenvalue weighted by Gasteiger charge is 2.20. The molecule has 0 N–H and O–H groups in total. The maximum absolute atomic E-state index is 11.3. The molecule has 0 radical (unpaired) electrons. The molecule has 7 nitrogen and oxygen atoms in total. The van der Waals surface area contributed by atoms with Crippen LogP contribution in [-0.4, -0.2) is 10.1 Å². The molecule has 0 fully saturated rings. The fraction of sp³-hybridized carbons (Fsp3) is 0.100. The van der Waals surface area contributed by atoms with E-state index in [9.17, 15) is 5.21 Å². The SMILES string of the molecule is Cc1ccc2cccc(OCc3ccc(-c4no[n+]([O-])c4C#N)cc3)c2n1. The molecule has 0 aliphatic carbocycles. The third-order valence-electron chi connectivity index (χ3n) is 4.16. The van der Waals surface area contributed by atoms with Gasteiger partial charge in [-0.25, -0.2) is 4.98 Å². The van der Waals surface area contributed by atoms with Crippen LogP contribution in [0, 0.1) is 23.5 Å². The van der Waals surface area contributed by atoms with Crippen LogP contribution in [0.15, 0.2) is 59.2 Å². The van der Waals surface area contributed by atoms with E-state index in [2.05, 4.69) is 14.8 Å². The van der Waals surface area contributed by atoms with Gasteiger partial charge < -0.3 is 9.94 Å². The summed E-state index contributed by atoms with van der Waals surface area (Å²) in [6.45, 7) is 2.31. The standard InChI is InChI=1S/C20H14N4O3/c1-13-5-8-15-3-2-4-18(20(15)22-13)26-12-14-6-9-16(10-7-14)19-17(11-21)24(25)27-23-19/h2-10H,12H2,1H3. The molecule has 0 unspecified atom stereocenters. The Labute approximate surface area is 154 Å². The quantitative estimate of drug-likeness (QED) is 0.519. The van der Waals surface area contributed by atoms with Gasteiger partial charge in [0.2, 0.25) is 0 Å². The van der Waals surface area contributed by atoms with Gasteiger partial charge in [0.05, 0.1) is 0 Å². The number of aryl methyl sites for hydroxylation is 1. The fourth-order valence-electron chi connectivity index (χ4n) is 2.79. The van der Waals surface area contributed by atoms with E-state index in [1.54, 1.807) is 18.2 Å². The van der Waals surface area contributed by atoms with Crippen molar-refractivity contribution in [3.05, 3.63) is 76.8 Å². The van der Waals surface area contributed by atoms with Crippen molar-refractivity contribution in [3.8, 4) is 23.1 Å². The van der Waals surface area contributed by atoms with Gasteiger partial charge in [0.25, 0.3) is 5.69 Å². The van der Waals surface area contributed by atoms with Crippen LogP contribution in [0.25, 0.3) is 22.2 Å². The highest BCUT2D eigenvalue weighted by molar-refractivity contribution is 5.84. The van der Waals surface area contributed by atoms with Crippen LogP contribution < -0.4 is 9.64 Å². The summed E-state index contributed by atoms with van der Waals surface area (Å²) in [7, 11) is 0. The third-order valence-corrected chi connectivity index (χ3v) is 4.16. The molecular weight excluding hydrogens is 344 g/mol. The molecule has 0 atom stereocenters. The lowest BCUT2D eigenvalue weighted by Crippen LogP contribution is -2.26. The van der Waals surface area contributed by atoms with E-state index < -0.39 is 0 Å². The largest absolute Gasteiger partial charge is 0.487 e. The van der Waals surface area contributed by atoms with Gasteiger partial charge in [-0.05, 0) is 41.7 Å². The normalized spacial score (nSPS) is 10.7. The Morgan fingerprint density at radius 2 is 1.96 bits per heavy atom. The van der Waals surface area contributed by atoms with Gasteiger partial charge in [0, 0.05) is 21.8 Å². The number of nitrogens with zero attached hydrogens (tertiary/aromatic N) is 4. The minimum Gasteiger partial charge on any atom is -0.487 e. The van der Waals surface area contributed by atoms with Crippen LogP contribution >= 0.6 is 0 Å². The summed E-state index contributed by atoms with van der Waals surface area (Å²) in [5.74, 6) is 0.718. The molecule has 7 heteroatoms. The number of para-hydroxylation sites is 1. The Balaban J connectivity index is 1.55. The van der Waals surface area contributed by atoms with E-state index in [-0.39, 0.29) is 16.3 Å². The summed E-state index contributed by atoms with van der Waals surface area (Å²) in [4.78, 5) is 4.66. The number of hydrogen-bond acceptors (Lipinski definition) is 6. The lowest BCUT2D eigenvalue weighted by atomic mass is 10.1. The molecule has 0 aliphatic heterocycles. The number of rotatable bonds is 4. The van der Waals surface area contributed by atoms with Crippen molar-refractivity contribution in [2.24, 2.45) is 0 Å². The van der Waals surface area contributed by atoms with Crippen molar-refractivity contribution < 1.29 is 14.3 Å². The maximum atomic E-state index is 11.3. The minimum absolute atomic E-state index is 0.0991. The number of pyridine rings is 1. The van der Waals surface area contributed by atoms with Crippen LogP contribution in [0.4, 0.5) is 0 Å².